The van der Waals surface area contributed by atoms with Crippen molar-refractivity contribution in [2.75, 3.05) is 20.8 Å². The number of carbonyl (C=O) groups is 2. The van der Waals surface area contributed by atoms with Crippen LogP contribution < -0.4 is 0 Å². The molecule has 1 aromatic carbocycles. The predicted octanol–water partition coefficient (Wildman–Crippen LogP) is 1.46. The topological polar surface area (TPSA) is 105 Å². The van der Waals surface area contributed by atoms with Gasteiger partial charge >= 0.3 is 11.9 Å². The number of ether oxygens (including phenoxy) is 3. The number of carbonyl (C=O) groups excluding carboxylic acids is 2. The van der Waals surface area contributed by atoms with Crippen molar-refractivity contribution >= 4 is 22.1 Å². The molecule has 0 aromatic heterocycles. The van der Waals surface area contributed by atoms with E-state index in [1.165, 1.54) is 26.4 Å². The lowest BCUT2D eigenvalue weighted by Crippen LogP contribution is -2.51. The molecule has 0 unspecified atom stereocenters. The zero-order chi connectivity index (χ0) is 20.5. The van der Waals surface area contributed by atoms with Crippen molar-refractivity contribution in [3.63, 3.8) is 0 Å². The third-order valence-corrected chi connectivity index (χ3v) is 6.80. The molecule has 9 heteroatoms. The minimum atomic E-state index is -3.95. The number of fused-ring (bicyclic) bond motifs is 4. The Hall–Kier alpha value is -1.97. The molecule has 0 N–H and O–H groups in total. The molecule has 0 amide bonds. The van der Waals surface area contributed by atoms with E-state index in [0.717, 1.165) is 5.56 Å². The molecule has 0 radical (unpaired) electrons. The van der Waals surface area contributed by atoms with E-state index in [9.17, 15) is 18.0 Å². The van der Waals surface area contributed by atoms with E-state index >= 15 is 0 Å². The highest BCUT2D eigenvalue weighted by molar-refractivity contribution is 7.86. The standard InChI is InChI=1S/C19H24O8S/c1-11-4-6-13(7-5-11)28(22,23)26-10-12-8-15-18(24-2)17(19(21)25-3)14(12)9-16(20)27-15/h4-7,12,14-15,17-18H,8-10H2,1-3H3/t12-,14+,15-,17+,18+/m1/s1. The Morgan fingerprint density at radius 2 is 1.89 bits per heavy atom. The van der Waals surface area contributed by atoms with Crippen molar-refractivity contribution in [2.24, 2.45) is 17.8 Å². The summed E-state index contributed by atoms with van der Waals surface area (Å²) in [4.78, 5) is 24.5. The molecule has 1 aliphatic carbocycles. The zero-order valence-corrected chi connectivity index (χ0v) is 16.8. The number of benzene rings is 1. The second kappa shape index (κ2) is 8.18. The van der Waals surface area contributed by atoms with Crippen LogP contribution >= 0.6 is 0 Å². The van der Waals surface area contributed by atoms with Crippen LogP contribution in [0.3, 0.4) is 0 Å². The summed E-state index contributed by atoms with van der Waals surface area (Å²) in [5.41, 5.74) is 0.933. The normalized spacial score (nSPS) is 29.8. The van der Waals surface area contributed by atoms with Crippen LogP contribution in [0.25, 0.3) is 0 Å². The second-order valence-corrected chi connectivity index (χ2v) is 8.81. The summed E-state index contributed by atoms with van der Waals surface area (Å²) in [6, 6.07) is 6.34. The molecule has 1 saturated carbocycles. The second-order valence-electron chi connectivity index (χ2n) is 7.19. The summed E-state index contributed by atoms with van der Waals surface area (Å²) >= 11 is 0. The molecule has 4 rings (SSSR count). The van der Waals surface area contributed by atoms with Gasteiger partial charge in [-0.25, -0.2) is 0 Å². The van der Waals surface area contributed by atoms with Gasteiger partial charge in [0.15, 0.2) is 0 Å². The van der Waals surface area contributed by atoms with Crippen molar-refractivity contribution < 1.29 is 36.4 Å². The molecule has 2 saturated heterocycles. The number of hydrogen-bond donors (Lipinski definition) is 0. The Kier molecular flexibility index (Phi) is 6.07. The maximum absolute atomic E-state index is 12.5. The smallest absolute Gasteiger partial charge is 0.311 e. The molecule has 28 heavy (non-hydrogen) atoms. The lowest BCUT2D eigenvalue weighted by atomic mass is 9.69. The predicted molar refractivity (Wildman–Crippen MR) is 96.7 cm³/mol. The highest BCUT2D eigenvalue weighted by Gasteiger charge is 2.54. The van der Waals surface area contributed by atoms with E-state index in [0.29, 0.717) is 6.42 Å². The lowest BCUT2D eigenvalue weighted by Gasteiger charge is -2.40. The summed E-state index contributed by atoms with van der Waals surface area (Å²) in [5, 5.41) is 0. The van der Waals surface area contributed by atoms with Gasteiger partial charge in [0.1, 0.15) is 12.2 Å². The molecular weight excluding hydrogens is 388 g/mol. The van der Waals surface area contributed by atoms with E-state index in [4.69, 9.17) is 18.4 Å². The minimum absolute atomic E-state index is 0.0191. The van der Waals surface area contributed by atoms with E-state index in [1.54, 1.807) is 12.1 Å². The third-order valence-electron chi connectivity index (χ3n) is 5.50. The monoisotopic (exact) mass is 412 g/mol. The van der Waals surface area contributed by atoms with Crippen LogP contribution in [0, 0.1) is 24.7 Å². The van der Waals surface area contributed by atoms with Crippen LogP contribution in [-0.4, -0.2) is 53.4 Å². The van der Waals surface area contributed by atoms with Gasteiger partial charge in [0, 0.05) is 13.5 Å². The molecule has 0 spiro atoms. The van der Waals surface area contributed by atoms with Gasteiger partial charge in [0.2, 0.25) is 0 Å². The van der Waals surface area contributed by atoms with E-state index in [2.05, 4.69) is 0 Å². The van der Waals surface area contributed by atoms with E-state index < -0.39 is 46.1 Å². The van der Waals surface area contributed by atoms with Crippen LogP contribution in [0.15, 0.2) is 29.2 Å². The van der Waals surface area contributed by atoms with Crippen molar-refractivity contribution in [1.82, 2.24) is 0 Å². The summed E-state index contributed by atoms with van der Waals surface area (Å²) in [7, 11) is -1.24. The Balaban J connectivity index is 1.81. The maximum atomic E-state index is 12.5. The van der Waals surface area contributed by atoms with Crippen LogP contribution in [0.4, 0.5) is 0 Å². The fraction of sp³-hybridized carbons (Fsp3) is 0.579. The Morgan fingerprint density at radius 1 is 1.21 bits per heavy atom. The first-order valence-electron chi connectivity index (χ1n) is 9.03. The van der Waals surface area contributed by atoms with Gasteiger partial charge in [-0.1, -0.05) is 17.7 Å². The van der Waals surface area contributed by atoms with Crippen LogP contribution in [-0.2, 0) is 38.1 Å². The largest absolute Gasteiger partial charge is 0.469 e. The first kappa shape index (κ1) is 20.8. The number of rotatable bonds is 6. The third kappa shape index (κ3) is 4.06. The van der Waals surface area contributed by atoms with Crippen LogP contribution in [0.5, 0.6) is 0 Å². The number of esters is 2. The highest BCUT2D eigenvalue weighted by atomic mass is 32.2. The highest BCUT2D eigenvalue weighted by Crippen LogP contribution is 2.44. The molecule has 3 aliphatic rings. The maximum Gasteiger partial charge on any atom is 0.311 e. The van der Waals surface area contributed by atoms with E-state index in [1.807, 2.05) is 6.92 Å². The molecule has 8 nitrogen and oxygen atoms in total. The van der Waals surface area contributed by atoms with Gasteiger partial charge < -0.3 is 14.2 Å². The number of aryl methyl sites for hydroxylation is 1. The fourth-order valence-electron chi connectivity index (χ4n) is 4.08. The zero-order valence-electron chi connectivity index (χ0n) is 16.0. The molecule has 2 heterocycles. The van der Waals surface area contributed by atoms with Gasteiger partial charge in [0.05, 0.1) is 24.5 Å². The molecule has 1 aromatic rings. The molecular formula is C19H24O8S. The molecule has 2 aliphatic heterocycles. The molecule has 154 valence electrons. The summed E-state index contributed by atoms with van der Waals surface area (Å²) < 4.78 is 46.0. The molecule has 5 atom stereocenters. The van der Waals surface area contributed by atoms with Crippen molar-refractivity contribution in [2.45, 2.75) is 36.9 Å². The minimum Gasteiger partial charge on any atom is -0.469 e. The first-order chi connectivity index (χ1) is 13.3. The summed E-state index contributed by atoms with van der Waals surface area (Å²) in [6.45, 7) is 1.70. The average molecular weight is 412 g/mol. The molecule has 2 bridgehead atoms. The van der Waals surface area contributed by atoms with Crippen molar-refractivity contribution in [3.05, 3.63) is 29.8 Å². The van der Waals surface area contributed by atoms with Crippen molar-refractivity contribution in [3.8, 4) is 0 Å². The first-order valence-corrected chi connectivity index (χ1v) is 10.4. The van der Waals surface area contributed by atoms with Crippen molar-refractivity contribution in [1.29, 1.82) is 0 Å². The summed E-state index contributed by atoms with van der Waals surface area (Å²) in [6.07, 6.45) is -0.953. The number of methoxy groups -OCH3 is 2. The average Bonchev–Trinajstić information content (AvgIpc) is 2.91. The van der Waals surface area contributed by atoms with Gasteiger partial charge in [-0.05, 0) is 37.3 Å². The quantitative estimate of drug-likeness (QED) is 0.511. The fourth-order valence-corrected chi connectivity index (χ4v) is 5.04. The Bertz CT molecular complexity index is 832. The Morgan fingerprint density at radius 3 is 2.50 bits per heavy atom. The van der Waals surface area contributed by atoms with Gasteiger partial charge in [0.25, 0.3) is 10.1 Å². The van der Waals surface area contributed by atoms with Crippen LogP contribution in [0.1, 0.15) is 18.4 Å². The molecule has 3 fully saturated rings. The summed E-state index contributed by atoms with van der Waals surface area (Å²) in [5.74, 6) is -2.53. The lowest BCUT2D eigenvalue weighted by molar-refractivity contribution is -0.170. The van der Waals surface area contributed by atoms with Gasteiger partial charge in [-0.15, -0.1) is 0 Å². The SMILES string of the molecule is COC(=O)[C@H]1[C@H]2CC(=O)O[C@H](C[C@@H]2COS(=O)(=O)c2ccc(C)cc2)[C@@H]1OC. The van der Waals surface area contributed by atoms with Gasteiger partial charge in [-0.2, -0.15) is 8.42 Å². The van der Waals surface area contributed by atoms with E-state index in [-0.39, 0.29) is 23.8 Å². The van der Waals surface area contributed by atoms with Gasteiger partial charge in [-0.3, -0.25) is 13.8 Å². The van der Waals surface area contributed by atoms with Crippen LogP contribution in [0.2, 0.25) is 0 Å². The Labute approximate surface area is 164 Å². The number of hydrogen-bond acceptors (Lipinski definition) is 8.